The monoisotopic (exact) mass is 315 g/mol. The Hall–Kier alpha value is -1.05. The summed E-state index contributed by atoms with van der Waals surface area (Å²) in [6.45, 7) is 2.11. The predicted molar refractivity (Wildman–Crippen MR) is 68.8 cm³/mol. The molecule has 0 aliphatic rings. The summed E-state index contributed by atoms with van der Waals surface area (Å²) in [5.41, 5.74) is 2.06. The van der Waals surface area contributed by atoms with Crippen LogP contribution in [0.25, 0.3) is 0 Å². The highest BCUT2D eigenvalue weighted by Gasteiger charge is 2.13. The normalized spacial score (nSPS) is 9.76. The van der Waals surface area contributed by atoms with Gasteiger partial charge in [-0.2, -0.15) is 5.26 Å². The van der Waals surface area contributed by atoms with Crippen LogP contribution in [0.3, 0.4) is 0 Å². The van der Waals surface area contributed by atoms with E-state index in [4.69, 9.17) is 21.6 Å². The van der Waals surface area contributed by atoms with Crippen molar-refractivity contribution in [1.29, 1.82) is 5.26 Å². The van der Waals surface area contributed by atoms with Crippen LogP contribution in [0.4, 0.5) is 0 Å². The first-order valence-electron chi connectivity index (χ1n) is 5.05. The van der Waals surface area contributed by atoms with Crippen molar-refractivity contribution >= 4 is 33.5 Å². The van der Waals surface area contributed by atoms with E-state index in [1.165, 1.54) is 0 Å². The molecule has 17 heavy (non-hydrogen) atoms. The van der Waals surface area contributed by atoms with E-state index >= 15 is 0 Å². The van der Waals surface area contributed by atoms with Crippen molar-refractivity contribution in [2.75, 3.05) is 6.61 Å². The summed E-state index contributed by atoms with van der Waals surface area (Å²) in [7, 11) is 0. The molecule has 90 valence electrons. The Morgan fingerprint density at radius 2 is 2.29 bits per heavy atom. The van der Waals surface area contributed by atoms with Crippen molar-refractivity contribution in [3.63, 3.8) is 0 Å². The Morgan fingerprint density at radius 1 is 1.59 bits per heavy atom. The van der Waals surface area contributed by atoms with Crippen molar-refractivity contribution in [1.82, 2.24) is 0 Å². The summed E-state index contributed by atoms with van der Waals surface area (Å²) in [5.74, 6) is -0.0488. The SMILES string of the molecule is CCOC(=O)Cc1c(Br)cc(C#N)cc1CCl. The minimum atomic E-state index is -0.302. The lowest BCUT2D eigenvalue weighted by atomic mass is 10.0. The fraction of sp³-hybridized carbons (Fsp3) is 0.333. The molecule has 5 heteroatoms. The van der Waals surface area contributed by atoms with E-state index in [1.54, 1.807) is 19.1 Å². The molecule has 0 heterocycles. The smallest absolute Gasteiger partial charge is 0.310 e. The molecule has 0 amide bonds. The van der Waals surface area contributed by atoms with Crippen LogP contribution >= 0.6 is 27.5 Å². The number of alkyl halides is 1. The molecule has 1 aromatic carbocycles. The Kier molecular flexibility index (Phi) is 5.46. The van der Waals surface area contributed by atoms with Crippen molar-refractivity contribution in [2.24, 2.45) is 0 Å². The first-order valence-corrected chi connectivity index (χ1v) is 6.38. The average molecular weight is 317 g/mol. The molecule has 0 aliphatic carbocycles. The lowest BCUT2D eigenvalue weighted by molar-refractivity contribution is -0.142. The quantitative estimate of drug-likeness (QED) is 0.633. The van der Waals surface area contributed by atoms with Crippen LogP contribution in [0, 0.1) is 11.3 Å². The first-order chi connectivity index (χ1) is 8.12. The van der Waals surface area contributed by atoms with E-state index < -0.39 is 0 Å². The molecule has 0 bridgehead atoms. The lowest BCUT2D eigenvalue weighted by Crippen LogP contribution is -2.10. The summed E-state index contributed by atoms with van der Waals surface area (Å²) in [5, 5.41) is 8.83. The van der Waals surface area contributed by atoms with E-state index in [9.17, 15) is 4.79 Å². The van der Waals surface area contributed by atoms with Crippen LogP contribution in [0.15, 0.2) is 16.6 Å². The van der Waals surface area contributed by atoms with Crippen molar-refractivity contribution in [3.05, 3.63) is 33.3 Å². The van der Waals surface area contributed by atoms with Gasteiger partial charge in [0.1, 0.15) is 0 Å². The third kappa shape index (κ3) is 3.72. The van der Waals surface area contributed by atoms with Gasteiger partial charge in [-0.1, -0.05) is 15.9 Å². The molecular weight excluding hydrogens is 305 g/mol. The lowest BCUT2D eigenvalue weighted by Gasteiger charge is -2.10. The highest BCUT2D eigenvalue weighted by molar-refractivity contribution is 9.10. The standard InChI is InChI=1S/C12H11BrClNO2/c1-2-17-12(16)5-10-9(6-14)3-8(7-15)4-11(10)13/h3-4H,2,5-6H2,1H3. The highest BCUT2D eigenvalue weighted by atomic mass is 79.9. The third-order valence-corrected chi connectivity index (χ3v) is 3.18. The second-order valence-corrected chi connectivity index (χ2v) is 4.44. The molecule has 1 aromatic rings. The molecule has 0 aliphatic heterocycles. The van der Waals surface area contributed by atoms with E-state index in [1.807, 2.05) is 6.07 Å². The molecule has 0 saturated heterocycles. The Balaban J connectivity index is 3.06. The molecule has 0 N–H and O–H groups in total. The number of nitrogens with zero attached hydrogens (tertiary/aromatic N) is 1. The first kappa shape index (κ1) is 14.0. The number of nitriles is 1. The number of halogens is 2. The molecule has 1 rings (SSSR count). The number of carbonyl (C=O) groups excluding carboxylic acids is 1. The van der Waals surface area contributed by atoms with Crippen molar-refractivity contribution in [3.8, 4) is 6.07 Å². The molecule has 0 radical (unpaired) electrons. The minimum absolute atomic E-state index is 0.155. The fourth-order valence-corrected chi connectivity index (χ4v) is 2.31. The molecule has 0 saturated carbocycles. The number of ether oxygens (including phenoxy) is 1. The number of hydrogen-bond donors (Lipinski definition) is 0. The number of rotatable bonds is 4. The molecular formula is C12H11BrClNO2. The maximum Gasteiger partial charge on any atom is 0.310 e. The van der Waals surface area contributed by atoms with Crippen LogP contribution < -0.4 is 0 Å². The summed E-state index contributed by atoms with van der Waals surface area (Å²) in [4.78, 5) is 11.4. The zero-order chi connectivity index (χ0) is 12.8. The molecule has 3 nitrogen and oxygen atoms in total. The zero-order valence-electron chi connectivity index (χ0n) is 9.30. The van der Waals surface area contributed by atoms with Gasteiger partial charge in [0.05, 0.1) is 24.7 Å². The van der Waals surface area contributed by atoms with Crippen molar-refractivity contribution < 1.29 is 9.53 Å². The number of benzene rings is 1. The summed E-state index contributed by atoms with van der Waals surface area (Å²) in [6, 6.07) is 5.40. The van der Waals surface area contributed by atoms with Crippen LogP contribution in [0.2, 0.25) is 0 Å². The van der Waals surface area contributed by atoms with Gasteiger partial charge in [0, 0.05) is 10.4 Å². The second-order valence-electron chi connectivity index (χ2n) is 3.32. The summed E-state index contributed by atoms with van der Waals surface area (Å²) >= 11 is 9.15. The summed E-state index contributed by atoms with van der Waals surface area (Å²) < 4.78 is 5.60. The molecule has 0 aromatic heterocycles. The van der Waals surface area contributed by atoms with Crippen LogP contribution in [-0.4, -0.2) is 12.6 Å². The number of carbonyl (C=O) groups is 1. The minimum Gasteiger partial charge on any atom is -0.466 e. The number of hydrogen-bond acceptors (Lipinski definition) is 3. The van der Waals surface area contributed by atoms with Crippen LogP contribution in [0.5, 0.6) is 0 Å². The van der Waals surface area contributed by atoms with E-state index in [0.29, 0.717) is 16.6 Å². The zero-order valence-corrected chi connectivity index (χ0v) is 11.6. The topological polar surface area (TPSA) is 50.1 Å². The Bertz CT molecular complexity index is 468. The van der Waals surface area contributed by atoms with Crippen LogP contribution in [0.1, 0.15) is 23.6 Å². The maximum atomic E-state index is 11.4. The average Bonchev–Trinajstić information content (AvgIpc) is 2.31. The maximum absolute atomic E-state index is 11.4. The van der Waals surface area contributed by atoms with Gasteiger partial charge in [0.15, 0.2) is 0 Å². The van der Waals surface area contributed by atoms with Crippen molar-refractivity contribution in [2.45, 2.75) is 19.2 Å². The van der Waals surface area contributed by atoms with E-state index in [-0.39, 0.29) is 18.3 Å². The van der Waals surface area contributed by atoms with E-state index in [2.05, 4.69) is 15.9 Å². The Morgan fingerprint density at radius 3 is 2.82 bits per heavy atom. The van der Waals surface area contributed by atoms with Gasteiger partial charge in [-0.15, -0.1) is 11.6 Å². The van der Waals surface area contributed by atoms with Gasteiger partial charge in [0.25, 0.3) is 0 Å². The van der Waals surface area contributed by atoms with Gasteiger partial charge < -0.3 is 4.74 Å². The van der Waals surface area contributed by atoms with Gasteiger partial charge in [-0.3, -0.25) is 4.79 Å². The molecule has 0 spiro atoms. The number of esters is 1. The largest absolute Gasteiger partial charge is 0.466 e. The fourth-order valence-electron chi connectivity index (χ4n) is 1.43. The van der Waals surface area contributed by atoms with Gasteiger partial charge >= 0.3 is 5.97 Å². The highest BCUT2D eigenvalue weighted by Crippen LogP contribution is 2.25. The van der Waals surface area contributed by atoms with Crippen LogP contribution in [-0.2, 0) is 21.8 Å². The van der Waals surface area contributed by atoms with E-state index in [0.717, 1.165) is 11.1 Å². The van der Waals surface area contributed by atoms with Gasteiger partial charge in [-0.25, -0.2) is 0 Å². The Labute approximate surface area is 113 Å². The van der Waals surface area contributed by atoms with Gasteiger partial charge in [-0.05, 0) is 30.2 Å². The molecule has 0 fully saturated rings. The molecule has 0 unspecified atom stereocenters. The van der Waals surface area contributed by atoms with Gasteiger partial charge in [0.2, 0.25) is 0 Å². The predicted octanol–water partition coefficient (Wildman–Crippen LogP) is 3.17. The summed E-state index contributed by atoms with van der Waals surface area (Å²) in [6.07, 6.45) is 0.155. The molecule has 0 atom stereocenters. The third-order valence-electron chi connectivity index (χ3n) is 2.19. The second kappa shape index (κ2) is 6.63.